The molecule has 1 aromatic carbocycles. The highest BCUT2D eigenvalue weighted by atomic mass is 19.4. The SMILES string of the molecule is OB(O)c1ccc(OCOCC(F)(F)F)cc1F. The summed E-state index contributed by atoms with van der Waals surface area (Å²) < 4.78 is 57.1. The van der Waals surface area contributed by atoms with Crippen LogP contribution in [0.5, 0.6) is 5.75 Å². The second-order valence-electron chi connectivity index (χ2n) is 3.28. The van der Waals surface area contributed by atoms with Gasteiger partial charge in [0, 0.05) is 11.5 Å². The molecule has 0 aliphatic carbocycles. The summed E-state index contributed by atoms with van der Waals surface area (Å²) in [6.07, 6.45) is -4.46. The Labute approximate surface area is 99.9 Å². The molecule has 1 aromatic rings. The van der Waals surface area contributed by atoms with Crippen molar-refractivity contribution < 1.29 is 37.1 Å². The maximum Gasteiger partial charge on any atom is 0.491 e. The Morgan fingerprint density at radius 3 is 2.39 bits per heavy atom. The monoisotopic (exact) mass is 268 g/mol. The average molecular weight is 268 g/mol. The Balaban J connectivity index is 2.47. The van der Waals surface area contributed by atoms with Gasteiger partial charge in [-0.2, -0.15) is 13.2 Å². The molecule has 0 radical (unpaired) electrons. The molecule has 100 valence electrons. The number of alkyl halides is 3. The van der Waals surface area contributed by atoms with Gasteiger partial charge in [-0.05, 0) is 6.07 Å². The third-order valence-electron chi connectivity index (χ3n) is 1.82. The fraction of sp³-hybridized carbons (Fsp3) is 0.333. The number of benzene rings is 1. The van der Waals surface area contributed by atoms with Crippen LogP contribution in [0.2, 0.25) is 0 Å². The Hall–Kier alpha value is -1.32. The minimum Gasteiger partial charge on any atom is -0.467 e. The largest absolute Gasteiger partial charge is 0.491 e. The molecule has 0 atom stereocenters. The molecule has 0 bridgehead atoms. The zero-order valence-corrected chi connectivity index (χ0v) is 8.95. The lowest BCUT2D eigenvalue weighted by Gasteiger charge is -2.10. The predicted octanol–water partition coefficient (Wildman–Crippen LogP) is 0.421. The molecular formula is C9H9BF4O4. The summed E-state index contributed by atoms with van der Waals surface area (Å²) in [6, 6.07) is 3.03. The summed E-state index contributed by atoms with van der Waals surface area (Å²) in [7, 11) is -1.97. The lowest BCUT2D eigenvalue weighted by molar-refractivity contribution is -0.186. The summed E-state index contributed by atoms with van der Waals surface area (Å²) in [6.45, 7) is -2.16. The molecule has 0 heterocycles. The lowest BCUT2D eigenvalue weighted by Crippen LogP contribution is -2.32. The van der Waals surface area contributed by atoms with Gasteiger partial charge in [-0.1, -0.05) is 6.07 Å². The summed E-state index contributed by atoms with van der Waals surface area (Å²) in [4.78, 5) is 0. The van der Waals surface area contributed by atoms with Crippen molar-refractivity contribution in [1.82, 2.24) is 0 Å². The zero-order valence-electron chi connectivity index (χ0n) is 8.95. The van der Waals surface area contributed by atoms with Crippen LogP contribution in [0, 0.1) is 5.82 Å². The first-order chi connectivity index (χ1) is 8.29. The van der Waals surface area contributed by atoms with Gasteiger partial charge in [0.1, 0.15) is 18.2 Å². The molecule has 2 N–H and O–H groups in total. The van der Waals surface area contributed by atoms with Crippen LogP contribution < -0.4 is 10.2 Å². The van der Waals surface area contributed by atoms with E-state index in [0.29, 0.717) is 0 Å². The van der Waals surface area contributed by atoms with Gasteiger partial charge in [0.25, 0.3) is 0 Å². The van der Waals surface area contributed by atoms with Crippen molar-refractivity contribution in [3.8, 4) is 5.75 Å². The van der Waals surface area contributed by atoms with Gasteiger partial charge in [0.2, 0.25) is 0 Å². The minimum atomic E-state index is -4.46. The van der Waals surface area contributed by atoms with Crippen molar-refractivity contribution in [3.05, 3.63) is 24.0 Å². The quantitative estimate of drug-likeness (QED) is 0.351. The maximum absolute atomic E-state index is 13.2. The molecule has 0 saturated carbocycles. The van der Waals surface area contributed by atoms with Gasteiger partial charge < -0.3 is 19.5 Å². The molecule has 9 heteroatoms. The highest BCUT2D eigenvalue weighted by Gasteiger charge is 2.27. The summed E-state index contributed by atoms with van der Waals surface area (Å²) in [5.41, 5.74) is -0.362. The lowest BCUT2D eigenvalue weighted by atomic mass is 9.80. The van der Waals surface area contributed by atoms with Crippen LogP contribution in [-0.4, -0.2) is 36.7 Å². The summed E-state index contributed by atoms with van der Waals surface area (Å²) in [5.74, 6) is -1.03. The van der Waals surface area contributed by atoms with E-state index in [-0.39, 0.29) is 11.2 Å². The van der Waals surface area contributed by atoms with E-state index in [2.05, 4.69) is 4.74 Å². The van der Waals surface area contributed by atoms with Crippen LogP contribution in [0.4, 0.5) is 17.6 Å². The van der Waals surface area contributed by atoms with Crippen LogP contribution in [0.25, 0.3) is 0 Å². The van der Waals surface area contributed by atoms with Crippen molar-refractivity contribution in [2.24, 2.45) is 0 Å². The number of rotatable bonds is 5. The fourth-order valence-corrected chi connectivity index (χ4v) is 1.07. The van der Waals surface area contributed by atoms with Gasteiger partial charge >= 0.3 is 13.3 Å². The second kappa shape index (κ2) is 6.03. The number of ether oxygens (including phenoxy) is 2. The van der Waals surface area contributed by atoms with Gasteiger partial charge in [-0.3, -0.25) is 0 Å². The van der Waals surface area contributed by atoms with Crippen LogP contribution >= 0.6 is 0 Å². The highest BCUT2D eigenvalue weighted by molar-refractivity contribution is 6.58. The van der Waals surface area contributed by atoms with Crippen LogP contribution in [-0.2, 0) is 4.74 Å². The Morgan fingerprint density at radius 2 is 1.89 bits per heavy atom. The van der Waals surface area contributed by atoms with Crippen molar-refractivity contribution in [3.63, 3.8) is 0 Å². The van der Waals surface area contributed by atoms with E-state index in [1.165, 1.54) is 6.07 Å². The molecule has 0 aliphatic heterocycles. The third kappa shape index (κ3) is 4.90. The zero-order chi connectivity index (χ0) is 13.8. The molecule has 18 heavy (non-hydrogen) atoms. The topological polar surface area (TPSA) is 58.9 Å². The van der Waals surface area contributed by atoms with Crippen LogP contribution in [0.15, 0.2) is 18.2 Å². The predicted molar refractivity (Wildman–Crippen MR) is 53.7 cm³/mol. The van der Waals surface area contributed by atoms with E-state index in [1.54, 1.807) is 0 Å². The number of halogens is 4. The molecular weight excluding hydrogens is 259 g/mol. The molecule has 4 nitrogen and oxygen atoms in total. The van der Waals surface area contributed by atoms with Crippen molar-refractivity contribution in [2.75, 3.05) is 13.4 Å². The highest BCUT2D eigenvalue weighted by Crippen LogP contribution is 2.15. The first-order valence-corrected chi connectivity index (χ1v) is 4.72. The number of hydrogen-bond acceptors (Lipinski definition) is 4. The smallest absolute Gasteiger partial charge is 0.467 e. The second-order valence-corrected chi connectivity index (χ2v) is 3.28. The van der Waals surface area contributed by atoms with E-state index in [9.17, 15) is 17.6 Å². The average Bonchev–Trinajstić information content (AvgIpc) is 2.22. The van der Waals surface area contributed by atoms with Gasteiger partial charge in [-0.25, -0.2) is 4.39 Å². The molecule has 0 saturated heterocycles. The van der Waals surface area contributed by atoms with E-state index < -0.39 is 32.5 Å². The van der Waals surface area contributed by atoms with Crippen LogP contribution in [0.1, 0.15) is 0 Å². The Bertz CT molecular complexity index is 397. The van der Waals surface area contributed by atoms with E-state index in [0.717, 1.165) is 12.1 Å². The molecule has 0 spiro atoms. The Morgan fingerprint density at radius 1 is 1.22 bits per heavy atom. The molecule has 0 amide bonds. The van der Waals surface area contributed by atoms with E-state index in [4.69, 9.17) is 14.8 Å². The molecule has 1 rings (SSSR count). The van der Waals surface area contributed by atoms with Crippen molar-refractivity contribution >= 4 is 12.6 Å². The van der Waals surface area contributed by atoms with Crippen molar-refractivity contribution in [2.45, 2.75) is 6.18 Å². The third-order valence-corrected chi connectivity index (χ3v) is 1.82. The number of hydrogen-bond donors (Lipinski definition) is 2. The standard InChI is InChI=1S/C9H9BF4O4/c11-8-3-6(1-2-7(8)10(15)16)18-5-17-4-9(12,13)14/h1-3,15-16H,4-5H2. The Kier molecular flexibility index (Phi) is 4.94. The normalized spacial score (nSPS) is 11.4. The first-order valence-electron chi connectivity index (χ1n) is 4.72. The maximum atomic E-state index is 13.2. The van der Waals surface area contributed by atoms with E-state index in [1.807, 2.05) is 0 Å². The molecule has 0 fully saturated rings. The van der Waals surface area contributed by atoms with E-state index >= 15 is 0 Å². The van der Waals surface area contributed by atoms with Crippen LogP contribution in [0.3, 0.4) is 0 Å². The van der Waals surface area contributed by atoms with Gasteiger partial charge in [0.15, 0.2) is 6.79 Å². The molecule has 0 aliphatic rings. The van der Waals surface area contributed by atoms with Gasteiger partial charge in [0.05, 0.1) is 0 Å². The summed E-state index contributed by atoms with van der Waals surface area (Å²) >= 11 is 0. The minimum absolute atomic E-state index is 0.0842. The fourth-order valence-electron chi connectivity index (χ4n) is 1.07. The summed E-state index contributed by atoms with van der Waals surface area (Å²) in [5, 5.41) is 17.4. The van der Waals surface area contributed by atoms with Gasteiger partial charge in [-0.15, -0.1) is 0 Å². The molecule has 0 unspecified atom stereocenters. The van der Waals surface area contributed by atoms with Crippen molar-refractivity contribution in [1.29, 1.82) is 0 Å². The first kappa shape index (κ1) is 14.7. The molecule has 0 aromatic heterocycles.